The number of anilines is 1. The molecule has 1 aromatic heterocycles. The molecule has 0 radical (unpaired) electrons. The van der Waals surface area contributed by atoms with Gasteiger partial charge in [0.1, 0.15) is 11.5 Å². The van der Waals surface area contributed by atoms with Gasteiger partial charge in [0.15, 0.2) is 0 Å². The molecule has 0 spiro atoms. The molecule has 2 rings (SSSR count). The maximum atomic E-state index is 12.5. The number of amides is 1. The Labute approximate surface area is 146 Å². The Bertz CT molecular complexity index is 795. The van der Waals surface area contributed by atoms with Crippen LogP contribution in [0.25, 0.3) is 0 Å². The lowest BCUT2D eigenvalue weighted by Crippen LogP contribution is -2.19. The molecule has 7 heteroatoms. The van der Waals surface area contributed by atoms with Gasteiger partial charge in [-0.25, -0.2) is 4.79 Å². The molecule has 7 nitrogen and oxygen atoms in total. The maximum absolute atomic E-state index is 12.5. The van der Waals surface area contributed by atoms with E-state index in [2.05, 4.69) is 5.32 Å². The Morgan fingerprint density at radius 1 is 1.24 bits per heavy atom. The Balaban J connectivity index is 2.28. The van der Waals surface area contributed by atoms with Crippen molar-refractivity contribution in [2.24, 2.45) is 0 Å². The van der Waals surface area contributed by atoms with Crippen LogP contribution in [0, 0.1) is 6.92 Å². The lowest BCUT2D eigenvalue weighted by Gasteiger charge is -2.13. The second-order valence-electron chi connectivity index (χ2n) is 5.52. The van der Waals surface area contributed by atoms with E-state index in [-0.39, 0.29) is 17.9 Å². The summed E-state index contributed by atoms with van der Waals surface area (Å²) in [6.07, 6.45) is 1.70. The highest BCUT2D eigenvalue weighted by Crippen LogP contribution is 2.29. The van der Waals surface area contributed by atoms with Crippen LogP contribution in [-0.4, -0.2) is 35.8 Å². The van der Waals surface area contributed by atoms with Gasteiger partial charge < -0.3 is 24.5 Å². The van der Waals surface area contributed by atoms with Gasteiger partial charge in [-0.2, -0.15) is 0 Å². The predicted octanol–water partition coefficient (Wildman–Crippen LogP) is 2.71. The molecule has 0 fully saturated rings. The summed E-state index contributed by atoms with van der Waals surface area (Å²) in [5.41, 5.74) is 1.76. The van der Waals surface area contributed by atoms with E-state index in [0.717, 1.165) is 0 Å². The Hall–Kier alpha value is -2.96. The number of aryl methyl sites for hydroxylation is 2. The zero-order chi connectivity index (χ0) is 18.6. The van der Waals surface area contributed by atoms with Gasteiger partial charge in [-0.3, -0.25) is 4.79 Å². The van der Waals surface area contributed by atoms with E-state index in [0.29, 0.717) is 35.0 Å². The summed E-state index contributed by atoms with van der Waals surface area (Å²) in [6.45, 7) is 4.21. The fraction of sp³-hybridized carbons (Fsp3) is 0.333. The van der Waals surface area contributed by atoms with Gasteiger partial charge in [0, 0.05) is 24.5 Å². The number of aromatic nitrogens is 1. The van der Waals surface area contributed by atoms with E-state index in [9.17, 15) is 14.7 Å². The number of hydrogen-bond donors (Lipinski definition) is 2. The first-order chi connectivity index (χ1) is 11.9. The SMILES string of the molecule is CCn1cc(C)c(C(=O)O)c1CC(=O)Nc1cc(OC)ccc1OC. The number of aromatic carboxylic acids is 1. The summed E-state index contributed by atoms with van der Waals surface area (Å²) < 4.78 is 12.2. The van der Waals surface area contributed by atoms with Crippen molar-refractivity contribution >= 4 is 17.6 Å². The molecule has 2 N–H and O–H groups in total. The van der Waals surface area contributed by atoms with E-state index in [1.165, 1.54) is 14.2 Å². The summed E-state index contributed by atoms with van der Waals surface area (Å²) in [6, 6.07) is 5.07. The lowest BCUT2D eigenvalue weighted by molar-refractivity contribution is -0.115. The van der Waals surface area contributed by atoms with Crippen molar-refractivity contribution in [3.63, 3.8) is 0 Å². The number of nitrogens with zero attached hydrogens (tertiary/aromatic N) is 1. The Kier molecular flexibility index (Phi) is 5.69. The van der Waals surface area contributed by atoms with Crippen LogP contribution in [0.2, 0.25) is 0 Å². The zero-order valence-electron chi connectivity index (χ0n) is 14.8. The number of carboxylic acid groups (broad SMARTS) is 1. The molecule has 134 valence electrons. The van der Waals surface area contributed by atoms with Crippen LogP contribution >= 0.6 is 0 Å². The molecule has 25 heavy (non-hydrogen) atoms. The number of benzene rings is 1. The smallest absolute Gasteiger partial charge is 0.337 e. The summed E-state index contributed by atoms with van der Waals surface area (Å²) >= 11 is 0. The van der Waals surface area contributed by atoms with Gasteiger partial charge in [-0.05, 0) is 31.5 Å². The van der Waals surface area contributed by atoms with Crippen molar-refractivity contribution in [2.75, 3.05) is 19.5 Å². The van der Waals surface area contributed by atoms with Gasteiger partial charge in [0.25, 0.3) is 0 Å². The highest BCUT2D eigenvalue weighted by Gasteiger charge is 2.21. The topological polar surface area (TPSA) is 89.8 Å². The van der Waals surface area contributed by atoms with E-state index in [1.807, 2.05) is 6.92 Å². The van der Waals surface area contributed by atoms with Crippen LogP contribution in [-0.2, 0) is 17.8 Å². The Morgan fingerprint density at radius 3 is 2.52 bits per heavy atom. The minimum Gasteiger partial charge on any atom is -0.497 e. The summed E-state index contributed by atoms with van der Waals surface area (Å²) in [4.78, 5) is 24.0. The number of carbonyl (C=O) groups excluding carboxylic acids is 1. The number of nitrogens with one attached hydrogen (secondary N) is 1. The van der Waals surface area contributed by atoms with E-state index in [4.69, 9.17) is 9.47 Å². The maximum Gasteiger partial charge on any atom is 0.337 e. The average Bonchev–Trinajstić information content (AvgIpc) is 2.89. The summed E-state index contributed by atoms with van der Waals surface area (Å²) in [5.74, 6) is -0.293. The van der Waals surface area contributed by atoms with Crippen LogP contribution in [0.4, 0.5) is 5.69 Å². The lowest BCUT2D eigenvalue weighted by atomic mass is 10.1. The zero-order valence-corrected chi connectivity index (χ0v) is 14.8. The highest BCUT2D eigenvalue weighted by atomic mass is 16.5. The van der Waals surface area contributed by atoms with Crippen molar-refractivity contribution in [3.05, 3.63) is 41.2 Å². The van der Waals surface area contributed by atoms with Gasteiger partial charge in [0.2, 0.25) is 5.91 Å². The van der Waals surface area contributed by atoms with Gasteiger partial charge >= 0.3 is 5.97 Å². The first-order valence-electron chi connectivity index (χ1n) is 7.85. The van der Waals surface area contributed by atoms with Crippen LogP contribution < -0.4 is 14.8 Å². The number of hydrogen-bond acceptors (Lipinski definition) is 4. The average molecular weight is 346 g/mol. The minimum absolute atomic E-state index is 0.0519. The van der Waals surface area contributed by atoms with Gasteiger partial charge in [-0.15, -0.1) is 0 Å². The normalized spacial score (nSPS) is 10.4. The standard InChI is InChI=1S/C18H22N2O5/c1-5-20-10-11(2)17(18(22)23)14(20)9-16(21)19-13-8-12(24-3)6-7-15(13)25-4/h6-8,10H,5,9H2,1-4H3,(H,19,21)(H,22,23). The number of rotatable bonds is 7. The second-order valence-corrected chi connectivity index (χ2v) is 5.52. The van der Waals surface area contributed by atoms with Crippen molar-refractivity contribution < 1.29 is 24.2 Å². The quantitative estimate of drug-likeness (QED) is 0.804. The minimum atomic E-state index is -1.04. The molecule has 0 aliphatic carbocycles. The number of ether oxygens (including phenoxy) is 2. The largest absolute Gasteiger partial charge is 0.497 e. The molecule has 0 unspecified atom stereocenters. The van der Waals surface area contributed by atoms with E-state index >= 15 is 0 Å². The molecular weight excluding hydrogens is 324 g/mol. The van der Waals surface area contributed by atoms with E-state index < -0.39 is 5.97 Å². The van der Waals surface area contributed by atoms with Crippen molar-refractivity contribution in [3.8, 4) is 11.5 Å². The highest BCUT2D eigenvalue weighted by molar-refractivity contribution is 5.97. The third kappa shape index (κ3) is 3.93. The molecule has 1 aromatic carbocycles. The van der Waals surface area contributed by atoms with Crippen LogP contribution in [0.15, 0.2) is 24.4 Å². The summed E-state index contributed by atoms with van der Waals surface area (Å²) in [5, 5.41) is 12.2. The molecule has 2 aromatic rings. The Morgan fingerprint density at radius 2 is 1.96 bits per heavy atom. The predicted molar refractivity (Wildman–Crippen MR) is 93.7 cm³/mol. The van der Waals surface area contributed by atoms with Gasteiger partial charge in [0.05, 0.1) is 31.9 Å². The molecule has 0 aliphatic heterocycles. The van der Waals surface area contributed by atoms with Crippen LogP contribution in [0.5, 0.6) is 11.5 Å². The van der Waals surface area contributed by atoms with Gasteiger partial charge in [-0.1, -0.05) is 0 Å². The molecule has 0 bridgehead atoms. The number of carboxylic acids is 1. The van der Waals surface area contributed by atoms with Crippen LogP contribution in [0.3, 0.4) is 0 Å². The molecule has 0 saturated heterocycles. The van der Waals surface area contributed by atoms with E-state index in [1.54, 1.807) is 35.9 Å². The number of methoxy groups -OCH3 is 2. The van der Waals surface area contributed by atoms with Crippen LogP contribution in [0.1, 0.15) is 28.5 Å². The monoisotopic (exact) mass is 346 g/mol. The number of carbonyl (C=O) groups is 2. The molecular formula is C18H22N2O5. The molecule has 1 heterocycles. The van der Waals surface area contributed by atoms with Crippen molar-refractivity contribution in [1.29, 1.82) is 0 Å². The third-order valence-corrected chi connectivity index (χ3v) is 3.94. The third-order valence-electron chi connectivity index (χ3n) is 3.94. The molecule has 0 atom stereocenters. The summed E-state index contributed by atoms with van der Waals surface area (Å²) in [7, 11) is 3.04. The van der Waals surface area contributed by atoms with Crippen molar-refractivity contribution in [2.45, 2.75) is 26.8 Å². The first-order valence-corrected chi connectivity index (χ1v) is 7.85. The first kappa shape index (κ1) is 18.4. The second kappa shape index (κ2) is 7.74. The van der Waals surface area contributed by atoms with Crippen molar-refractivity contribution in [1.82, 2.24) is 4.57 Å². The molecule has 1 amide bonds. The molecule has 0 aliphatic rings. The molecule has 0 saturated carbocycles. The fourth-order valence-corrected chi connectivity index (χ4v) is 2.77. The fourth-order valence-electron chi connectivity index (χ4n) is 2.77.